The van der Waals surface area contributed by atoms with Gasteiger partial charge in [0.05, 0.1) is 0 Å². The van der Waals surface area contributed by atoms with Gasteiger partial charge in [0, 0.05) is 0 Å². The molecule has 0 aromatic heterocycles. The minimum absolute atomic E-state index is 0.127. The predicted octanol–water partition coefficient (Wildman–Crippen LogP) is 3.83. The minimum Gasteiger partial charge on any atom is -0.487 e. The molecule has 2 rings (SSSR count). The number of ether oxygens (including phenoxy) is 1. The third kappa shape index (κ3) is 3.73. The van der Waals surface area contributed by atoms with Gasteiger partial charge in [-0.2, -0.15) is 0 Å². The zero-order chi connectivity index (χ0) is 14.5. The molecule has 0 saturated heterocycles. The summed E-state index contributed by atoms with van der Waals surface area (Å²) in [5.74, 6) is 0.935. The molecule has 1 aliphatic heterocycles. The molecule has 1 N–H and O–H groups in total. The summed E-state index contributed by atoms with van der Waals surface area (Å²) in [7, 11) is 0. The maximum Gasteiger partial charge on any atom is 0.128 e. The molecule has 0 bridgehead atoms. The van der Waals surface area contributed by atoms with Gasteiger partial charge in [-0.25, -0.2) is 0 Å². The Morgan fingerprint density at radius 1 is 1.45 bits per heavy atom. The van der Waals surface area contributed by atoms with E-state index >= 15 is 0 Å². The van der Waals surface area contributed by atoms with Crippen molar-refractivity contribution in [2.75, 3.05) is 0 Å². The standard InChI is InChI=1S/C18H24O2/c1-4-5-16(19)17-11-10-15-9-8-14(7-6-13(2)3)12-18(15)20-17/h4-6,8-9,12,16-17,19H,7,10-11H2,1-3H3/b5-4+. The van der Waals surface area contributed by atoms with Crippen molar-refractivity contribution in [3.63, 3.8) is 0 Å². The van der Waals surface area contributed by atoms with Crippen LogP contribution in [-0.4, -0.2) is 17.3 Å². The molecule has 2 nitrogen and oxygen atoms in total. The Morgan fingerprint density at radius 3 is 2.95 bits per heavy atom. The van der Waals surface area contributed by atoms with E-state index in [4.69, 9.17) is 4.74 Å². The number of fused-ring (bicyclic) bond motifs is 1. The van der Waals surface area contributed by atoms with Crippen molar-refractivity contribution in [3.05, 3.63) is 53.1 Å². The molecule has 1 aromatic carbocycles. The molecular weight excluding hydrogens is 248 g/mol. The number of aliphatic hydroxyl groups excluding tert-OH is 1. The van der Waals surface area contributed by atoms with Crippen LogP contribution in [0.3, 0.4) is 0 Å². The minimum atomic E-state index is -0.519. The van der Waals surface area contributed by atoms with Gasteiger partial charge >= 0.3 is 0 Å². The van der Waals surface area contributed by atoms with Crippen molar-refractivity contribution in [2.24, 2.45) is 0 Å². The van der Waals surface area contributed by atoms with Gasteiger partial charge in [-0.15, -0.1) is 0 Å². The Hall–Kier alpha value is -1.54. The Bertz CT molecular complexity index is 510. The zero-order valence-corrected chi connectivity index (χ0v) is 12.6. The van der Waals surface area contributed by atoms with Crippen LogP contribution in [0.25, 0.3) is 0 Å². The molecule has 108 valence electrons. The fourth-order valence-corrected chi connectivity index (χ4v) is 2.45. The van der Waals surface area contributed by atoms with Crippen LogP contribution >= 0.6 is 0 Å². The van der Waals surface area contributed by atoms with E-state index in [2.05, 4.69) is 38.1 Å². The second kappa shape index (κ2) is 6.76. The van der Waals surface area contributed by atoms with Crippen molar-refractivity contribution in [1.82, 2.24) is 0 Å². The monoisotopic (exact) mass is 272 g/mol. The van der Waals surface area contributed by atoms with Gasteiger partial charge in [0.15, 0.2) is 0 Å². The summed E-state index contributed by atoms with van der Waals surface area (Å²) in [4.78, 5) is 0. The summed E-state index contributed by atoms with van der Waals surface area (Å²) in [6.07, 6.45) is 8.01. The molecule has 2 atom stereocenters. The number of aryl methyl sites for hydroxylation is 1. The Balaban J connectivity index is 2.13. The molecule has 1 aromatic rings. The number of hydrogen-bond acceptors (Lipinski definition) is 2. The predicted molar refractivity (Wildman–Crippen MR) is 83.1 cm³/mol. The highest BCUT2D eigenvalue weighted by molar-refractivity contribution is 5.40. The third-order valence-corrected chi connectivity index (χ3v) is 3.62. The summed E-state index contributed by atoms with van der Waals surface area (Å²) in [5, 5.41) is 10.0. The van der Waals surface area contributed by atoms with Crippen molar-refractivity contribution in [2.45, 2.75) is 52.2 Å². The molecule has 2 unspecified atom stereocenters. The number of allylic oxidation sites excluding steroid dienone is 3. The van der Waals surface area contributed by atoms with Crippen LogP contribution in [0.15, 0.2) is 42.0 Å². The number of aliphatic hydroxyl groups is 1. The fourth-order valence-electron chi connectivity index (χ4n) is 2.45. The van der Waals surface area contributed by atoms with Crippen molar-refractivity contribution < 1.29 is 9.84 Å². The average Bonchev–Trinajstić information content (AvgIpc) is 2.44. The van der Waals surface area contributed by atoms with Crippen LogP contribution in [0, 0.1) is 0 Å². The van der Waals surface area contributed by atoms with Gasteiger partial charge in [-0.05, 0) is 57.2 Å². The highest BCUT2D eigenvalue weighted by Crippen LogP contribution is 2.30. The molecule has 0 amide bonds. The SMILES string of the molecule is C/C=C/C(O)C1CCc2ccc(CC=C(C)C)cc2O1. The molecule has 0 spiro atoms. The lowest BCUT2D eigenvalue weighted by Gasteiger charge is -2.28. The van der Waals surface area contributed by atoms with E-state index in [9.17, 15) is 5.11 Å². The third-order valence-electron chi connectivity index (χ3n) is 3.62. The van der Waals surface area contributed by atoms with Crippen molar-refractivity contribution in [1.29, 1.82) is 0 Å². The van der Waals surface area contributed by atoms with Gasteiger partial charge in [-0.3, -0.25) is 0 Å². The molecule has 2 heteroatoms. The summed E-state index contributed by atoms with van der Waals surface area (Å²) in [5.41, 5.74) is 3.83. The highest BCUT2D eigenvalue weighted by atomic mass is 16.5. The summed E-state index contributed by atoms with van der Waals surface area (Å²) >= 11 is 0. The molecule has 0 radical (unpaired) electrons. The van der Waals surface area contributed by atoms with E-state index < -0.39 is 6.10 Å². The summed E-state index contributed by atoms with van der Waals surface area (Å²) in [6.45, 7) is 6.13. The largest absolute Gasteiger partial charge is 0.487 e. The molecule has 0 aliphatic carbocycles. The van der Waals surface area contributed by atoms with Crippen LogP contribution in [0.4, 0.5) is 0 Å². The topological polar surface area (TPSA) is 29.5 Å². The fraction of sp³-hybridized carbons (Fsp3) is 0.444. The maximum absolute atomic E-state index is 10.0. The van der Waals surface area contributed by atoms with Gasteiger partial charge in [0.2, 0.25) is 0 Å². The van der Waals surface area contributed by atoms with Gasteiger partial charge < -0.3 is 9.84 Å². The molecule has 0 saturated carbocycles. The lowest BCUT2D eigenvalue weighted by molar-refractivity contribution is 0.0527. The van der Waals surface area contributed by atoms with Crippen LogP contribution < -0.4 is 4.74 Å². The first-order valence-electron chi connectivity index (χ1n) is 7.33. The van der Waals surface area contributed by atoms with Gasteiger partial charge in [0.25, 0.3) is 0 Å². The van der Waals surface area contributed by atoms with Crippen molar-refractivity contribution in [3.8, 4) is 5.75 Å². The highest BCUT2D eigenvalue weighted by Gasteiger charge is 2.24. The Labute approximate surface area is 121 Å². The lowest BCUT2D eigenvalue weighted by Crippen LogP contribution is -2.33. The molecule has 1 aliphatic rings. The molecule has 20 heavy (non-hydrogen) atoms. The van der Waals surface area contributed by atoms with Crippen LogP contribution in [0.5, 0.6) is 5.75 Å². The van der Waals surface area contributed by atoms with E-state index in [-0.39, 0.29) is 6.10 Å². The first kappa shape index (κ1) is 14.9. The smallest absolute Gasteiger partial charge is 0.128 e. The Kier molecular flexibility index (Phi) is 5.02. The average molecular weight is 272 g/mol. The Morgan fingerprint density at radius 2 is 2.25 bits per heavy atom. The summed E-state index contributed by atoms with van der Waals surface area (Å²) in [6, 6.07) is 6.44. The number of hydrogen-bond donors (Lipinski definition) is 1. The normalized spacial score (nSPS) is 19.3. The lowest BCUT2D eigenvalue weighted by atomic mass is 9.97. The van der Waals surface area contributed by atoms with Crippen molar-refractivity contribution >= 4 is 0 Å². The second-order valence-corrected chi connectivity index (χ2v) is 5.64. The van der Waals surface area contributed by atoms with E-state index in [0.29, 0.717) is 0 Å². The van der Waals surface area contributed by atoms with Crippen LogP contribution in [-0.2, 0) is 12.8 Å². The first-order valence-corrected chi connectivity index (χ1v) is 7.33. The summed E-state index contributed by atoms with van der Waals surface area (Å²) < 4.78 is 5.97. The molecule has 0 fully saturated rings. The molecule has 1 heterocycles. The number of benzene rings is 1. The molecular formula is C18H24O2. The second-order valence-electron chi connectivity index (χ2n) is 5.64. The first-order chi connectivity index (χ1) is 9.60. The van der Waals surface area contributed by atoms with Gasteiger partial charge in [0.1, 0.15) is 18.0 Å². The van der Waals surface area contributed by atoms with Gasteiger partial charge in [-0.1, -0.05) is 35.9 Å². The van der Waals surface area contributed by atoms with E-state index in [1.165, 1.54) is 16.7 Å². The van der Waals surface area contributed by atoms with Crippen LogP contribution in [0.2, 0.25) is 0 Å². The van der Waals surface area contributed by atoms with E-state index in [1.54, 1.807) is 6.08 Å². The quantitative estimate of drug-likeness (QED) is 0.844. The van der Waals surface area contributed by atoms with Crippen LogP contribution in [0.1, 0.15) is 38.3 Å². The maximum atomic E-state index is 10.0. The zero-order valence-electron chi connectivity index (χ0n) is 12.6. The van der Waals surface area contributed by atoms with E-state index in [0.717, 1.165) is 25.0 Å². The number of rotatable bonds is 4. The van der Waals surface area contributed by atoms with E-state index in [1.807, 2.05) is 13.0 Å².